The molecule has 0 saturated carbocycles. The molecule has 1 aliphatic rings. The number of amides is 2. The standard InChI is InChI=1S/C15H20N6OS/c1-19(2)15(22)21-8-6-20(7-9-21)10-12-11-23-14(18-12)13-16-4-3-5-17-13/h3-5,11H,6-10H2,1-2H3. The van der Waals surface area contributed by atoms with E-state index in [1.54, 1.807) is 48.8 Å². The summed E-state index contributed by atoms with van der Waals surface area (Å²) in [6, 6.07) is 1.88. The number of piperazine rings is 1. The molecule has 23 heavy (non-hydrogen) atoms. The predicted molar refractivity (Wildman–Crippen MR) is 89.1 cm³/mol. The fraction of sp³-hybridized carbons (Fsp3) is 0.467. The van der Waals surface area contributed by atoms with Gasteiger partial charge in [0.05, 0.1) is 5.69 Å². The average molecular weight is 332 g/mol. The van der Waals surface area contributed by atoms with Gasteiger partial charge in [-0.05, 0) is 6.07 Å². The second kappa shape index (κ2) is 7.01. The number of carbonyl (C=O) groups is 1. The summed E-state index contributed by atoms with van der Waals surface area (Å²) < 4.78 is 0. The summed E-state index contributed by atoms with van der Waals surface area (Å²) in [5, 5.41) is 2.91. The number of hydrogen-bond acceptors (Lipinski definition) is 6. The molecule has 1 aliphatic heterocycles. The van der Waals surface area contributed by atoms with Gasteiger partial charge >= 0.3 is 6.03 Å². The molecule has 2 aromatic rings. The Kier molecular flexibility index (Phi) is 4.82. The van der Waals surface area contributed by atoms with Gasteiger partial charge in [-0.25, -0.2) is 19.7 Å². The molecule has 2 amide bonds. The van der Waals surface area contributed by atoms with E-state index in [-0.39, 0.29) is 6.03 Å². The van der Waals surface area contributed by atoms with Crippen LogP contribution in [-0.2, 0) is 6.54 Å². The molecule has 122 valence electrons. The van der Waals surface area contributed by atoms with Gasteiger partial charge in [-0.15, -0.1) is 11.3 Å². The minimum Gasteiger partial charge on any atom is -0.331 e. The van der Waals surface area contributed by atoms with E-state index in [4.69, 9.17) is 0 Å². The van der Waals surface area contributed by atoms with Crippen molar-refractivity contribution in [3.8, 4) is 10.8 Å². The van der Waals surface area contributed by atoms with Crippen LogP contribution in [0, 0.1) is 0 Å². The zero-order chi connectivity index (χ0) is 16.2. The molecule has 2 aromatic heterocycles. The summed E-state index contributed by atoms with van der Waals surface area (Å²) in [4.78, 5) is 30.9. The van der Waals surface area contributed by atoms with Crippen LogP contribution in [0.3, 0.4) is 0 Å². The van der Waals surface area contributed by atoms with Crippen LogP contribution in [0.1, 0.15) is 5.69 Å². The fourth-order valence-electron chi connectivity index (χ4n) is 2.50. The van der Waals surface area contributed by atoms with Crippen LogP contribution in [0.4, 0.5) is 4.79 Å². The fourth-order valence-corrected chi connectivity index (χ4v) is 3.26. The monoisotopic (exact) mass is 332 g/mol. The lowest BCUT2D eigenvalue weighted by Crippen LogP contribution is -2.51. The molecular weight excluding hydrogens is 312 g/mol. The lowest BCUT2D eigenvalue weighted by molar-refractivity contribution is 0.119. The number of nitrogens with zero attached hydrogens (tertiary/aromatic N) is 6. The van der Waals surface area contributed by atoms with Gasteiger partial charge in [-0.2, -0.15) is 0 Å². The van der Waals surface area contributed by atoms with Crippen molar-refractivity contribution in [2.75, 3.05) is 40.3 Å². The average Bonchev–Trinajstić information content (AvgIpc) is 3.04. The van der Waals surface area contributed by atoms with Crippen molar-refractivity contribution in [3.63, 3.8) is 0 Å². The minimum atomic E-state index is 0.0850. The Bertz CT molecular complexity index is 651. The lowest BCUT2D eigenvalue weighted by atomic mass is 10.3. The van der Waals surface area contributed by atoms with Crippen molar-refractivity contribution in [1.29, 1.82) is 0 Å². The van der Waals surface area contributed by atoms with Crippen LogP contribution < -0.4 is 0 Å². The van der Waals surface area contributed by atoms with Crippen molar-refractivity contribution >= 4 is 17.4 Å². The van der Waals surface area contributed by atoms with Crippen molar-refractivity contribution < 1.29 is 4.79 Å². The highest BCUT2D eigenvalue weighted by Crippen LogP contribution is 2.20. The molecule has 1 saturated heterocycles. The number of urea groups is 1. The molecule has 0 bridgehead atoms. The van der Waals surface area contributed by atoms with E-state index >= 15 is 0 Å². The highest BCUT2D eigenvalue weighted by molar-refractivity contribution is 7.13. The Labute approximate surface area is 139 Å². The number of aromatic nitrogens is 3. The van der Waals surface area contributed by atoms with Gasteiger partial charge in [-0.3, -0.25) is 4.90 Å². The maximum absolute atomic E-state index is 11.9. The predicted octanol–water partition coefficient (Wildman–Crippen LogP) is 1.40. The van der Waals surface area contributed by atoms with Crippen molar-refractivity contribution in [1.82, 2.24) is 29.7 Å². The molecular formula is C15H20N6OS. The minimum absolute atomic E-state index is 0.0850. The molecule has 7 nitrogen and oxygen atoms in total. The zero-order valence-corrected chi connectivity index (χ0v) is 14.2. The van der Waals surface area contributed by atoms with Gasteiger partial charge in [0.1, 0.15) is 0 Å². The molecule has 3 rings (SSSR count). The third-order valence-electron chi connectivity index (χ3n) is 3.72. The van der Waals surface area contributed by atoms with E-state index in [0.717, 1.165) is 43.4 Å². The summed E-state index contributed by atoms with van der Waals surface area (Å²) >= 11 is 1.57. The Hall–Kier alpha value is -2.06. The van der Waals surface area contributed by atoms with Crippen LogP contribution in [-0.4, -0.2) is 76.0 Å². The number of rotatable bonds is 3. The Morgan fingerprint density at radius 3 is 2.57 bits per heavy atom. The molecule has 0 aliphatic carbocycles. The summed E-state index contributed by atoms with van der Waals surface area (Å²) in [7, 11) is 3.58. The van der Waals surface area contributed by atoms with Crippen molar-refractivity contribution in [2.24, 2.45) is 0 Å². The van der Waals surface area contributed by atoms with Crippen molar-refractivity contribution in [3.05, 3.63) is 29.5 Å². The largest absolute Gasteiger partial charge is 0.331 e. The second-order valence-electron chi connectivity index (χ2n) is 5.66. The summed E-state index contributed by atoms with van der Waals surface area (Å²) in [5.41, 5.74) is 1.03. The Balaban J connectivity index is 1.55. The normalized spacial score (nSPS) is 15.7. The first-order chi connectivity index (χ1) is 11.1. The third-order valence-corrected chi connectivity index (χ3v) is 4.61. The van der Waals surface area contributed by atoms with Gasteiger partial charge < -0.3 is 9.80 Å². The maximum Gasteiger partial charge on any atom is 0.319 e. The molecule has 0 radical (unpaired) electrons. The van der Waals surface area contributed by atoms with Crippen LogP contribution >= 0.6 is 11.3 Å². The highest BCUT2D eigenvalue weighted by Gasteiger charge is 2.22. The third kappa shape index (κ3) is 3.83. The summed E-state index contributed by atoms with van der Waals surface area (Å²) in [6.07, 6.45) is 3.45. The first-order valence-corrected chi connectivity index (χ1v) is 8.42. The van der Waals surface area contributed by atoms with E-state index < -0.39 is 0 Å². The maximum atomic E-state index is 11.9. The summed E-state index contributed by atoms with van der Waals surface area (Å²) in [5.74, 6) is 0.671. The van der Waals surface area contributed by atoms with Gasteiger partial charge in [0.15, 0.2) is 10.8 Å². The quantitative estimate of drug-likeness (QED) is 0.850. The van der Waals surface area contributed by atoms with E-state index in [1.807, 2.05) is 4.90 Å². The first kappa shape index (κ1) is 15.8. The molecule has 3 heterocycles. The zero-order valence-electron chi connectivity index (χ0n) is 13.3. The molecule has 1 fully saturated rings. The smallest absolute Gasteiger partial charge is 0.319 e. The molecule has 0 unspecified atom stereocenters. The number of thiazole rings is 1. The van der Waals surface area contributed by atoms with Crippen molar-refractivity contribution in [2.45, 2.75) is 6.54 Å². The van der Waals surface area contributed by atoms with Gasteiger partial charge in [0.2, 0.25) is 0 Å². The van der Waals surface area contributed by atoms with E-state index in [1.165, 1.54) is 0 Å². The Morgan fingerprint density at radius 2 is 1.91 bits per heavy atom. The molecule has 0 spiro atoms. The number of hydrogen-bond donors (Lipinski definition) is 0. The van der Waals surface area contributed by atoms with Gasteiger partial charge in [0.25, 0.3) is 0 Å². The SMILES string of the molecule is CN(C)C(=O)N1CCN(Cc2csc(-c3ncccn3)n2)CC1. The molecule has 0 aromatic carbocycles. The first-order valence-electron chi connectivity index (χ1n) is 7.54. The van der Waals surface area contributed by atoms with E-state index in [0.29, 0.717) is 5.82 Å². The van der Waals surface area contributed by atoms with Crippen LogP contribution in [0.25, 0.3) is 10.8 Å². The van der Waals surface area contributed by atoms with Gasteiger partial charge in [0, 0.05) is 64.6 Å². The topological polar surface area (TPSA) is 65.5 Å². The van der Waals surface area contributed by atoms with Crippen LogP contribution in [0.2, 0.25) is 0 Å². The van der Waals surface area contributed by atoms with Crippen LogP contribution in [0.15, 0.2) is 23.8 Å². The Morgan fingerprint density at radius 1 is 1.22 bits per heavy atom. The van der Waals surface area contributed by atoms with E-state index in [9.17, 15) is 4.79 Å². The summed E-state index contributed by atoms with van der Waals surface area (Å²) in [6.45, 7) is 4.06. The van der Waals surface area contributed by atoms with E-state index in [2.05, 4.69) is 25.2 Å². The van der Waals surface area contributed by atoms with Gasteiger partial charge in [-0.1, -0.05) is 0 Å². The molecule has 0 atom stereocenters. The second-order valence-corrected chi connectivity index (χ2v) is 6.51. The van der Waals surface area contributed by atoms with Crippen LogP contribution in [0.5, 0.6) is 0 Å². The molecule has 0 N–H and O–H groups in total. The lowest BCUT2D eigenvalue weighted by Gasteiger charge is -2.35. The number of carbonyl (C=O) groups excluding carboxylic acids is 1. The highest BCUT2D eigenvalue weighted by atomic mass is 32.1. The molecule has 8 heteroatoms.